The number of aromatic nitrogens is 2. The van der Waals surface area contributed by atoms with Gasteiger partial charge in [-0.3, -0.25) is 4.39 Å². The minimum atomic E-state index is -3.98. The van der Waals surface area contributed by atoms with Gasteiger partial charge in [-0.2, -0.15) is 0 Å². The van der Waals surface area contributed by atoms with E-state index >= 15 is 0 Å². The highest BCUT2D eigenvalue weighted by atomic mass is 32.2. The van der Waals surface area contributed by atoms with E-state index in [0.29, 0.717) is 10.9 Å². The summed E-state index contributed by atoms with van der Waals surface area (Å²) in [5.74, 6) is -0.891. The number of aromatic amines is 1. The van der Waals surface area contributed by atoms with Gasteiger partial charge in [-0.05, 0) is 56.2 Å². The van der Waals surface area contributed by atoms with Gasteiger partial charge in [-0.1, -0.05) is 6.92 Å². The summed E-state index contributed by atoms with van der Waals surface area (Å²) in [5, 5.41) is 10.4. The lowest BCUT2D eigenvalue weighted by molar-refractivity contribution is -0.113. The van der Waals surface area contributed by atoms with Crippen molar-refractivity contribution in [1.82, 2.24) is 9.97 Å². The van der Waals surface area contributed by atoms with E-state index in [-0.39, 0.29) is 16.3 Å². The second kappa shape index (κ2) is 9.99. The van der Waals surface area contributed by atoms with Crippen LogP contribution in [0.15, 0.2) is 46.5 Å². The van der Waals surface area contributed by atoms with E-state index in [1.165, 1.54) is 32.2 Å². The van der Waals surface area contributed by atoms with Crippen LogP contribution in [0.2, 0.25) is 0 Å². The Balaban J connectivity index is 2.04. The van der Waals surface area contributed by atoms with E-state index in [4.69, 9.17) is 0 Å². The van der Waals surface area contributed by atoms with Gasteiger partial charge in [0, 0.05) is 29.2 Å². The molecule has 0 bridgehead atoms. The molecule has 0 fully saturated rings. The van der Waals surface area contributed by atoms with Gasteiger partial charge in [0.2, 0.25) is 0 Å². The van der Waals surface area contributed by atoms with Crippen LogP contribution in [-0.2, 0) is 31.5 Å². The van der Waals surface area contributed by atoms with Crippen molar-refractivity contribution in [2.24, 2.45) is 0 Å². The van der Waals surface area contributed by atoms with Gasteiger partial charge < -0.3 is 10.1 Å². The SMILES string of the molecule is CC(C)S(=O)(=O)c1cc2cc(CC(O)(CC(C)(CF)c3cc(F)ccc3S(C)(=O)=O)C(F)F)[nH]c2cn1. The average molecular weight is 565 g/mol. The number of pyridine rings is 1. The lowest BCUT2D eigenvalue weighted by atomic mass is 9.73. The van der Waals surface area contributed by atoms with Crippen molar-refractivity contribution in [2.45, 2.75) is 66.2 Å². The van der Waals surface area contributed by atoms with Crippen LogP contribution in [0.25, 0.3) is 10.9 Å². The van der Waals surface area contributed by atoms with Crippen molar-refractivity contribution in [3.63, 3.8) is 0 Å². The van der Waals surface area contributed by atoms with E-state index in [1.54, 1.807) is 0 Å². The molecule has 3 aromatic rings. The van der Waals surface area contributed by atoms with Crippen LogP contribution in [0.5, 0.6) is 0 Å². The Bertz CT molecular complexity index is 1520. The first kappa shape index (κ1) is 29.1. The summed E-state index contributed by atoms with van der Waals surface area (Å²) in [6, 6.07) is 5.23. The van der Waals surface area contributed by atoms with E-state index in [0.717, 1.165) is 31.4 Å². The molecule has 37 heavy (non-hydrogen) atoms. The van der Waals surface area contributed by atoms with Crippen LogP contribution in [-0.4, -0.2) is 62.1 Å². The number of rotatable bonds is 10. The Morgan fingerprint density at radius 3 is 2.30 bits per heavy atom. The van der Waals surface area contributed by atoms with Crippen LogP contribution in [0.3, 0.4) is 0 Å². The smallest absolute Gasteiger partial charge is 0.267 e. The number of fused-ring (bicyclic) bond motifs is 1. The Morgan fingerprint density at radius 2 is 1.76 bits per heavy atom. The van der Waals surface area contributed by atoms with E-state index < -0.39 is 72.6 Å². The number of H-pyrrole nitrogens is 1. The van der Waals surface area contributed by atoms with Crippen molar-refractivity contribution in [1.29, 1.82) is 0 Å². The summed E-state index contributed by atoms with van der Waals surface area (Å²) in [6.45, 7) is 2.76. The van der Waals surface area contributed by atoms with Gasteiger partial charge >= 0.3 is 0 Å². The molecule has 0 radical (unpaired) electrons. The Kier molecular flexibility index (Phi) is 7.84. The van der Waals surface area contributed by atoms with E-state index in [2.05, 4.69) is 9.97 Å². The number of halogens is 4. The van der Waals surface area contributed by atoms with Crippen molar-refractivity contribution < 1.29 is 39.5 Å². The van der Waals surface area contributed by atoms with Crippen LogP contribution in [0, 0.1) is 5.82 Å². The Hall–Kier alpha value is -2.51. The monoisotopic (exact) mass is 564 g/mol. The first-order valence-electron chi connectivity index (χ1n) is 11.2. The second-order valence-corrected chi connectivity index (χ2v) is 14.3. The summed E-state index contributed by atoms with van der Waals surface area (Å²) >= 11 is 0. The maximum absolute atomic E-state index is 14.4. The molecular weight excluding hydrogens is 536 g/mol. The van der Waals surface area contributed by atoms with Crippen LogP contribution in [0.1, 0.15) is 38.4 Å². The number of sulfone groups is 2. The lowest BCUT2D eigenvalue weighted by Crippen LogP contribution is -2.47. The highest BCUT2D eigenvalue weighted by Crippen LogP contribution is 2.41. The molecule has 0 aliphatic heterocycles. The molecule has 7 nitrogen and oxygen atoms in total. The van der Waals surface area contributed by atoms with Gasteiger partial charge in [0.25, 0.3) is 6.43 Å². The maximum Gasteiger partial charge on any atom is 0.267 e. The third-order valence-corrected chi connectivity index (χ3v) is 9.54. The Morgan fingerprint density at radius 1 is 1.11 bits per heavy atom. The quantitative estimate of drug-likeness (QED) is 0.282. The van der Waals surface area contributed by atoms with Crippen molar-refractivity contribution in [3.05, 3.63) is 53.6 Å². The molecule has 2 N–H and O–H groups in total. The molecule has 2 atom stereocenters. The number of benzene rings is 1. The zero-order valence-corrected chi connectivity index (χ0v) is 22.2. The predicted octanol–water partition coefficient (Wildman–Crippen LogP) is 4.14. The van der Waals surface area contributed by atoms with Gasteiger partial charge in [0.1, 0.15) is 11.4 Å². The number of hydrogen-bond acceptors (Lipinski definition) is 6. The molecule has 0 amide bonds. The van der Waals surface area contributed by atoms with Crippen molar-refractivity contribution >= 4 is 30.6 Å². The van der Waals surface area contributed by atoms with E-state index in [9.17, 15) is 39.5 Å². The normalized spacial score (nSPS) is 16.3. The molecule has 1 aromatic carbocycles. The second-order valence-electron chi connectivity index (χ2n) is 9.86. The third kappa shape index (κ3) is 5.83. The summed E-state index contributed by atoms with van der Waals surface area (Å²) in [4.78, 5) is 6.30. The number of aliphatic hydroxyl groups is 1. The summed E-state index contributed by atoms with van der Waals surface area (Å²) in [6.07, 6.45) is -3.00. The minimum Gasteiger partial charge on any atom is -0.383 e. The molecule has 2 aromatic heterocycles. The standard InChI is InChI=1S/C24H28F4N2O5S2/c1-14(2)37(34,35)21-8-15-7-17(30-19(15)11-29-21)10-24(31,22(27)28)12-23(3,13-25)18-9-16(26)5-6-20(18)36(4,32)33/h5-9,11,14,22,30-31H,10,12-13H2,1-4H3. The molecule has 2 unspecified atom stereocenters. The lowest BCUT2D eigenvalue weighted by Gasteiger charge is -2.37. The fourth-order valence-electron chi connectivity index (χ4n) is 4.30. The first-order valence-corrected chi connectivity index (χ1v) is 14.6. The molecule has 0 aliphatic carbocycles. The molecular formula is C24H28F4N2O5S2. The van der Waals surface area contributed by atoms with Crippen LogP contribution < -0.4 is 0 Å². The van der Waals surface area contributed by atoms with E-state index in [1.807, 2.05) is 0 Å². The number of nitrogens with one attached hydrogen (secondary N) is 1. The molecule has 3 rings (SSSR count). The highest BCUT2D eigenvalue weighted by Gasteiger charge is 2.46. The fraction of sp³-hybridized carbons (Fsp3) is 0.458. The Labute approximate surface area is 212 Å². The fourth-order valence-corrected chi connectivity index (χ4v) is 6.29. The molecule has 0 saturated heterocycles. The summed E-state index contributed by atoms with van der Waals surface area (Å²) in [7, 11) is -7.68. The van der Waals surface area contributed by atoms with Crippen molar-refractivity contribution in [3.8, 4) is 0 Å². The minimum absolute atomic E-state index is 0.0856. The predicted molar refractivity (Wildman–Crippen MR) is 131 cm³/mol. The van der Waals surface area contributed by atoms with Gasteiger partial charge in [0.15, 0.2) is 24.7 Å². The average Bonchev–Trinajstić information content (AvgIpc) is 3.18. The molecule has 13 heteroatoms. The zero-order valence-electron chi connectivity index (χ0n) is 20.6. The number of alkyl halides is 3. The molecule has 204 valence electrons. The third-order valence-electron chi connectivity index (χ3n) is 6.33. The molecule has 2 heterocycles. The maximum atomic E-state index is 14.4. The number of nitrogens with zero attached hydrogens (tertiary/aromatic N) is 1. The highest BCUT2D eigenvalue weighted by molar-refractivity contribution is 7.92. The topological polar surface area (TPSA) is 117 Å². The summed E-state index contributed by atoms with van der Waals surface area (Å²) in [5.41, 5.74) is -4.79. The largest absolute Gasteiger partial charge is 0.383 e. The molecule has 0 saturated carbocycles. The number of hydrogen-bond donors (Lipinski definition) is 2. The van der Waals surface area contributed by atoms with Crippen LogP contribution >= 0.6 is 0 Å². The first-order chi connectivity index (χ1) is 16.9. The molecule has 0 aliphatic rings. The van der Waals surface area contributed by atoms with Gasteiger partial charge in [0.05, 0.1) is 28.5 Å². The van der Waals surface area contributed by atoms with Gasteiger partial charge in [-0.15, -0.1) is 0 Å². The molecule has 0 spiro atoms. The zero-order chi connectivity index (χ0) is 28.0. The summed E-state index contributed by atoms with van der Waals surface area (Å²) < 4.78 is 106. The van der Waals surface area contributed by atoms with Crippen molar-refractivity contribution in [2.75, 3.05) is 12.9 Å². The van der Waals surface area contributed by atoms with Gasteiger partial charge in [-0.25, -0.2) is 35.0 Å². The van der Waals surface area contributed by atoms with Crippen LogP contribution in [0.4, 0.5) is 17.6 Å².